The molecule has 0 aliphatic heterocycles. The molecule has 1 aromatic rings. The molecule has 0 aromatic heterocycles. The predicted molar refractivity (Wildman–Crippen MR) is 60.2 cm³/mol. The number of rotatable bonds is 4. The zero-order chi connectivity index (χ0) is 10.2. The van der Waals surface area contributed by atoms with E-state index in [-0.39, 0.29) is 0 Å². The zero-order valence-electron chi connectivity index (χ0n) is 7.43. The van der Waals surface area contributed by atoms with Gasteiger partial charge in [-0.15, -0.1) is 0 Å². The minimum absolute atomic E-state index is 0.671. The Morgan fingerprint density at radius 3 is 1.50 bits per heavy atom. The van der Waals surface area contributed by atoms with Crippen LogP contribution in [0.25, 0.3) is 0 Å². The van der Waals surface area contributed by atoms with Gasteiger partial charge in [-0.25, -0.2) is 0 Å². The van der Waals surface area contributed by atoms with E-state index in [0.29, 0.717) is 13.1 Å². The molecule has 1 rings (SSSR count). The fraction of sp³-hybridized carbons (Fsp3) is 0.200. The van der Waals surface area contributed by atoms with E-state index in [2.05, 4.69) is 50.6 Å². The van der Waals surface area contributed by atoms with Crippen molar-refractivity contribution in [1.82, 2.24) is 0 Å². The molecule has 14 heavy (non-hydrogen) atoms. The van der Waals surface area contributed by atoms with Crippen LogP contribution < -0.4 is 0 Å². The Kier molecular flexibility index (Phi) is 5.59. The van der Waals surface area contributed by atoms with E-state index in [9.17, 15) is 0 Å². The molecule has 4 heteroatoms. The molecule has 0 bridgehead atoms. The molecule has 0 unspecified atom stereocenters. The molecule has 0 saturated carbocycles. The Bertz CT molecular complexity index is 346. The van der Waals surface area contributed by atoms with E-state index in [1.807, 2.05) is 24.3 Å². The number of hydrogen-bond acceptors (Lipinski definition) is 2. The van der Waals surface area contributed by atoms with Gasteiger partial charge in [-0.1, -0.05) is 0 Å². The van der Waals surface area contributed by atoms with E-state index >= 15 is 0 Å². The first kappa shape index (κ1) is 11.5. The fourth-order valence-corrected chi connectivity index (χ4v) is 1.27. The molecule has 0 heterocycles. The molecule has 0 amide bonds. The Morgan fingerprint density at radius 2 is 1.21 bits per heavy atom. The van der Waals surface area contributed by atoms with Crippen molar-refractivity contribution < 1.29 is 0 Å². The quantitative estimate of drug-likeness (QED) is 0.581. The molecule has 0 N–H and O–H groups in total. The van der Waals surface area contributed by atoms with Gasteiger partial charge in [-0.3, -0.25) is 0 Å². The summed E-state index contributed by atoms with van der Waals surface area (Å²) in [6.07, 6.45) is 0. The number of benzene rings is 1. The molecule has 0 aliphatic carbocycles. The summed E-state index contributed by atoms with van der Waals surface area (Å²) in [5, 5.41) is 0. The molecule has 0 fully saturated rings. The molecule has 70 valence electrons. The summed E-state index contributed by atoms with van der Waals surface area (Å²) in [6, 6.07) is 8.19. The van der Waals surface area contributed by atoms with E-state index < -0.39 is 0 Å². The van der Waals surface area contributed by atoms with Gasteiger partial charge in [-0.05, 0) is 0 Å². The van der Waals surface area contributed by atoms with Gasteiger partial charge in [0.25, 0.3) is 0 Å². The van der Waals surface area contributed by atoms with Crippen molar-refractivity contribution in [2.45, 2.75) is 13.1 Å². The monoisotopic (exact) mass is 316 g/mol. The van der Waals surface area contributed by atoms with Crippen LogP contribution in [0.2, 0.25) is 0 Å². The summed E-state index contributed by atoms with van der Waals surface area (Å²) in [5.74, 6) is 0. The number of hydrogen-bond donors (Lipinski definition) is 0. The van der Waals surface area contributed by atoms with Crippen LogP contribution in [-0.4, -0.2) is 40.6 Å². The summed E-state index contributed by atoms with van der Waals surface area (Å²) in [7, 11) is 0. The molecule has 0 atom stereocenters. The average Bonchev–Trinajstić information content (AvgIpc) is 2.25. The summed E-state index contributed by atoms with van der Waals surface area (Å²) in [5.41, 5.74) is 2.35. The van der Waals surface area contributed by atoms with Crippen LogP contribution in [0.3, 0.4) is 0 Å². The molecule has 1 aromatic carbocycles. The van der Waals surface area contributed by atoms with E-state index in [4.69, 9.17) is 0 Å². The van der Waals surface area contributed by atoms with E-state index in [1.165, 1.54) is 11.1 Å². The number of aliphatic imine (C=N–C) groups is 2. The van der Waals surface area contributed by atoms with E-state index in [0.717, 1.165) is 0 Å². The van der Waals surface area contributed by atoms with E-state index in [1.54, 1.807) is 0 Å². The Labute approximate surface area is 98.9 Å². The van der Waals surface area contributed by atoms with Crippen LogP contribution in [0, 0.1) is 0 Å². The van der Waals surface area contributed by atoms with Crippen molar-refractivity contribution in [2.75, 3.05) is 0 Å². The van der Waals surface area contributed by atoms with Crippen molar-refractivity contribution in [3.8, 4) is 0 Å². The third-order valence-electron chi connectivity index (χ3n) is 1.68. The van der Waals surface area contributed by atoms with Crippen LogP contribution in [-0.2, 0) is 13.1 Å². The Hall–Kier alpha value is -0.581. The minimum atomic E-state index is 0.671. The van der Waals surface area contributed by atoms with Crippen LogP contribution in [0.15, 0.2) is 34.3 Å². The molecule has 0 saturated heterocycles. The second-order valence-electron chi connectivity index (χ2n) is 2.63. The molecule has 0 radical (unpaired) electrons. The molecule has 0 spiro atoms. The summed E-state index contributed by atoms with van der Waals surface area (Å²) < 4.78 is 5.26. The number of nitrogens with zero attached hydrogens (tertiary/aromatic N) is 2. The van der Waals surface area contributed by atoms with Gasteiger partial charge in [0.05, 0.1) is 0 Å². The standard InChI is InChI=1S/C10H8N2Se2/c13-7-11-5-9-1-2-10(4-3-9)6-12-8-14/h1-4H,5-6H2. The second kappa shape index (κ2) is 6.81. The van der Waals surface area contributed by atoms with Crippen molar-refractivity contribution in [2.24, 2.45) is 9.98 Å². The first-order valence-electron chi connectivity index (χ1n) is 4.02. The fourth-order valence-electron chi connectivity index (χ4n) is 0.997. The Balaban J connectivity index is 2.67. The Morgan fingerprint density at radius 1 is 0.857 bits per heavy atom. The third kappa shape index (κ3) is 4.09. The van der Waals surface area contributed by atoms with Crippen molar-refractivity contribution in [3.05, 3.63) is 35.4 Å². The van der Waals surface area contributed by atoms with Crippen LogP contribution in [0.1, 0.15) is 11.1 Å². The molecular formula is C10H8N2Se2. The van der Waals surface area contributed by atoms with Crippen molar-refractivity contribution in [3.63, 3.8) is 0 Å². The predicted octanol–water partition coefficient (Wildman–Crippen LogP) is 0.834. The van der Waals surface area contributed by atoms with Gasteiger partial charge < -0.3 is 0 Å². The van der Waals surface area contributed by atoms with Crippen molar-refractivity contribution in [1.29, 1.82) is 0 Å². The third-order valence-corrected chi connectivity index (χ3v) is 2.22. The molecule has 2 nitrogen and oxygen atoms in total. The van der Waals surface area contributed by atoms with Gasteiger partial charge >= 0.3 is 99.0 Å². The maximum atomic E-state index is 3.99. The maximum absolute atomic E-state index is 3.99. The topological polar surface area (TPSA) is 24.7 Å². The van der Waals surface area contributed by atoms with Crippen LogP contribution in [0.4, 0.5) is 0 Å². The second-order valence-corrected chi connectivity index (χ2v) is 3.40. The van der Waals surface area contributed by atoms with Gasteiger partial charge in [0.2, 0.25) is 0 Å². The summed E-state index contributed by atoms with van der Waals surface area (Å²) in [4.78, 5) is 7.98. The molecule has 0 aliphatic rings. The van der Waals surface area contributed by atoms with Gasteiger partial charge in [0.1, 0.15) is 0 Å². The SMILES string of the molecule is [Se]=C=NCc1ccc(CN=C=[Se])cc1. The van der Waals surface area contributed by atoms with Gasteiger partial charge in [0.15, 0.2) is 0 Å². The van der Waals surface area contributed by atoms with Crippen LogP contribution >= 0.6 is 0 Å². The zero-order valence-corrected chi connectivity index (χ0v) is 10.9. The normalized spacial score (nSPS) is 8.57. The van der Waals surface area contributed by atoms with Gasteiger partial charge in [0, 0.05) is 0 Å². The first-order chi connectivity index (χ1) is 6.86. The summed E-state index contributed by atoms with van der Waals surface area (Å²) >= 11 is 5.22. The van der Waals surface area contributed by atoms with Crippen molar-refractivity contribution >= 4 is 40.6 Å². The average molecular weight is 314 g/mol. The van der Waals surface area contributed by atoms with Gasteiger partial charge in [-0.2, -0.15) is 0 Å². The van der Waals surface area contributed by atoms with Crippen LogP contribution in [0.5, 0.6) is 0 Å². The summed E-state index contributed by atoms with van der Waals surface area (Å²) in [6.45, 7) is 1.34. The molecular weight excluding hydrogens is 306 g/mol. The first-order valence-corrected chi connectivity index (χ1v) is 5.73.